The second kappa shape index (κ2) is 7.19. The van der Waals surface area contributed by atoms with Gasteiger partial charge in [-0.15, -0.1) is 0 Å². The number of likely N-dealkylation sites (N-methyl/N-ethyl adjacent to an activating group) is 1. The van der Waals surface area contributed by atoms with Crippen molar-refractivity contribution in [1.29, 1.82) is 0 Å². The molecule has 0 unspecified atom stereocenters. The molecule has 2 amide bonds. The highest BCUT2D eigenvalue weighted by Gasteiger charge is 2.18. The highest BCUT2D eigenvalue weighted by Crippen LogP contribution is 2.18. The van der Waals surface area contributed by atoms with Gasteiger partial charge in [-0.05, 0) is 36.4 Å². The summed E-state index contributed by atoms with van der Waals surface area (Å²) < 4.78 is 26.0. The molecule has 0 atom stereocenters. The zero-order valence-corrected chi connectivity index (χ0v) is 12.9. The number of nitrogens with one attached hydrogen (secondary N) is 1. The van der Waals surface area contributed by atoms with Gasteiger partial charge in [-0.25, -0.2) is 8.78 Å². The molecule has 120 valence electrons. The van der Waals surface area contributed by atoms with E-state index >= 15 is 0 Å². The lowest BCUT2D eigenvalue weighted by atomic mass is 10.2. The Labute approximate surface area is 136 Å². The van der Waals surface area contributed by atoms with E-state index < -0.39 is 23.4 Å². The molecule has 0 aliphatic rings. The number of hydrogen-bond acceptors (Lipinski definition) is 2. The van der Waals surface area contributed by atoms with Crippen LogP contribution in [0.3, 0.4) is 0 Å². The van der Waals surface area contributed by atoms with E-state index in [4.69, 9.17) is 11.6 Å². The molecule has 0 radical (unpaired) electrons. The van der Waals surface area contributed by atoms with Crippen molar-refractivity contribution < 1.29 is 18.4 Å². The standard InChI is InChI=1S/C16H13ClF2N2O2/c1-21(16(23)13-6-5-11(19)8-14(13)17)9-15(22)20-12-4-2-3-10(18)7-12/h2-8H,9H2,1H3,(H,20,22). The van der Waals surface area contributed by atoms with E-state index in [1.807, 2.05) is 0 Å². The zero-order valence-electron chi connectivity index (χ0n) is 12.1. The molecule has 0 saturated heterocycles. The van der Waals surface area contributed by atoms with Crippen molar-refractivity contribution in [3.05, 3.63) is 64.7 Å². The summed E-state index contributed by atoms with van der Waals surface area (Å²) in [7, 11) is 1.41. The molecule has 0 aliphatic heterocycles. The van der Waals surface area contributed by atoms with E-state index in [1.165, 1.54) is 31.3 Å². The van der Waals surface area contributed by atoms with Gasteiger partial charge in [0.25, 0.3) is 5.91 Å². The fourth-order valence-corrected chi connectivity index (χ4v) is 2.17. The third-order valence-electron chi connectivity index (χ3n) is 3.00. The largest absolute Gasteiger partial charge is 0.332 e. The molecule has 0 aliphatic carbocycles. The van der Waals surface area contributed by atoms with Gasteiger partial charge in [0.05, 0.1) is 17.1 Å². The van der Waals surface area contributed by atoms with Crippen molar-refractivity contribution in [3.63, 3.8) is 0 Å². The number of anilines is 1. The fourth-order valence-electron chi connectivity index (χ4n) is 1.92. The number of carbonyl (C=O) groups is 2. The lowest BCUT2D eigenvalue weighted by Gasteiger charge is -2.17. The zero-order chi connectivity index (χ0) is 17.0. The summed E-state index contributed by atoms with van der Waals surface area (Å²) in [5.41, 5.74) is 0.379. The van der Waals surface area contributed by atoms with Crippen LogP contribution in [0.2, 0.25) is 5.02 Å². The average molecular weight is 339 g/mol. The monoisotopic (exact) mass is 338 g/mol. The summed E-state index contributed by atoms with van der Waals surface area (Å²) in [6.45, 7) is -0.261. The first kappa shape index (κ1) is 16.9. The van der Waals surface area contributed by atoms with E-state index in [-0.39, 0.29) is 22.8 Å². The van der Waals surface area contributed by atoms with E-state index in [2.05, 4.69) is 5.32 Å². The third-order valence-corrected chi connectivity index (χ3v) is 3.31. The molecule has 23 heavy (non-hydrogen) atoms. The lowest BCUT2D eigenvalue weighted by molar-refractivity contribution is -0.116. The second-order valence-corrected chi connectivity index (χ2v) is 5.25. The summed E-state index contributed by atoms with van der Waals surface area (Å²) in [5.74, 6) is -2.06. The minimum atomic E-state index is -0.557. The quantitative estimate of drug-likeness (QED) is 0.929. The number of rotatable bonds is 4. The molecule has 2 aromatic carbocycles. The van der Waals surface area contributed by atoms with Gasteiger partial charge in [-0.3, -0.25) is 9.59 Å². The Morgan fingerprint density at radius 3 is 2.48 bits per heavy atom. The number of halogens is 3. The van der Waals surface area contributed by atoms with Crippen LogP contribution in [0.15, 0.2) is 42.5 Å². The minimum absolute atomic E-state index is 0.0348. The molecule has 0 saturated carbocycles. The summed E-state index contributed by atoms with van der Waals surface area (Å²) in [4.78, 5) is 25.2. The van der Waals surface area contributed by atoms with Gasteiger partial charge in [0.15, 0.2) is 0 Å². The van der Waals surface area contributed by atoms with Gasteiger partial charge in [-0.1, -0.05) is 17.7 Å². The molecule has 0 bridgehead atoms. The fraction of sp³-hybridized carbons (Fsp3) is 0.125. The smallest absolute Gasteiger partial charge is 0.255 e. The van der Waals surface area contributed by atoms with Gasteiger partial charge < -0.3 is 10.2 Å². The SMILES string of the molecule is CN(CC(=O)Nc1cccc(F)c1)C(=O)c1ccc(F)cc1Cl. The first-order chi connectivity index (χ1) is 10.9. The highest BCUT2D eigenvalue weighted by molar-refractivity contribution is 6.33. The number of benzene rings is 2. The van der Waals surface area contributed by atoms with Crippen LogP contribution in [0, 0.1) is 11.6 Å². The van der Waals surface area contributed by atoms with Crippen molar-refractivity contribution in [1.82, 2.24) is 4.90 Å². The molecule has 0 spiro atoms. The van der Waals surface area contributed by atoms with Crippen molar-refractivity contribution in [2.75, 3.05) is 18.9 Å². The Kier molecular flexibility index (Phi) is 5.28. The molecule has 0 fully saturated rings. The maximum Gasteiger partial charge on any atom is 0.255 e. The van der Waals surface area contributed by atoms with Gasteiger partial charge >= 0.3 is 0 Å². The molecule has 7 heteroatoms. The topological polar surface area (TPSA) is 49.4 Å². The second-order valence-electron chi connectivity index (χ2n) is 4.84. The van der Waals surface area contributed by atoms with Crippen LogP contribution in [0.1, 0.15) is 10.4 Å². The van der Waals surface area contributed by atoms with Crippen LogP contribution < -0.4 is 5.32 Å². The molecule has 4 nitrogen and oxygen atoms in total. The summed E-state index contributed by atoms with van der Waals surface area (Å²) in [6, 6.07) is 8.78. The molecular weight excluding hydrogens is 326 g/mol. The molecule has 0 heterocycles. The summed E-state index contributed by atoms with van der Waals surface area (Å²) in [5, 5.41) is 2.44. The highest BCUT2D eigenvalue weighted by atomic mass is 35.5. The van der Waals surface area contributed by atoms with Crippen LogP contribution in [0.4, 0.5) is 14.5 Å². The van der Waals surface area contributed by atoms with Gasteiger partial charge in [-0.2, -0.15) is 0 Å². The third kappa shape index (κ3) is 4.50. The predicted molar refractivity (Wildman–Crippen MR) is 83.4 cm³/mol. The van der Waals surface area contributed by atoms with Crippen LogP contribution in [-0.4, -0.2) is 30.3 Å². The molecule has 0 aromatic heterocycles. The van der Waals surface area contributed by atoms with Crippen molar-refractivity contribution in [3.8, 4) is 0 Å². The van der Waals surface area contributed by atoms with Crippen molar-refractivity contribution >= 4 is 29.1 Å². The van der Waals surface area contributed by atoms with Crippen LogP contribution in [-0.2, 0) is 4.79 Å². The normalized spacial score (nSPS) is 10.3. The Hall–Kier alpha value is -2.47. The Balaban J connectivity index is 2.01. The van der Waals surface area contributed by atoms with Crippen molar-refractivity contribution in [2.24, 2.45) is 0 Å². The minimum Gasteiger partial charge on any atom is -0.332 e. The maximum absolute atomic E-state index is 13.0. The number of nitrogens with zero attached hydrogens (tertiary/aromatic N) is 1. The van der Waals surface area contributed by atoms with E-state index in [1.54, 1.807) is 0 Å². The Morgan fingerprint density at radius 1 is 1.13 bits per heavy atom. The van der Waals surface area contributed by atoms with Crippen LogP contribution in [0.5, 0.6) is 0 Å². The van der Waals surface area contributed by atoms with Gasteiger partial charge in [0.2, 0.25) is 5.91 Å². The lowest BCUT2D eigenvalue weighted by Crippen LogP contribution is -2.35. The molecule has 2 rings (SSSR count). The van der Waals surface area contributed by atoms with Gasteiger partial charge in [0.1, 0.15) is 11.6 Å². The van der Waals surface area contributed by atoms with Crippen LogP contribution >= 0.6 is 11.6 Å². The number of carbonyl (C=O) groups excluding carboxylic acids is 2. The summed E-state index contributed by atoms with van der Waals surface area (Å²) >= 11 is 5.82. The van der Waals surface area contributed by atoms with Crippen LogP contribution in [0.25, 0.3) is 0 Å². The van der Waals surface area contributed by atoms with E-state index in [9.17, 15) is 18.4 Å². The maximum atomic E-state index is 13.0. The molecular formula is C16H13ClF2N2O2. The van der Waals surface area contributed by atoms with E-state index in [0.717, 1.165) is 23.1 Å². The number of amides is 2. The number of hydrogen-bond donors (Lipinski definition) is 1. The average Bonchev–Trinajstić information content (AvgIpc) is 2.46. The molecule has 2 aromatic rings. The Morgan fingerprint density at radius 2 is 1.83 bits per heavy atom. The first-order valence-electron chi connectivity index (χ1n) is 6.63. The van der Waals surface area contributed by atoms with Crippen molar-refractivity contribution in [2.45, 2.75) is 0 Å². The predicted octanol–water partition coefficient (Wildman–Crippen LogP) is 3.33. The summed E-state index contributed by atoms with van der Waals surface area (Å²) in [6.07, 6.45) is 0. The first-order valence-corrected chi connectivity index (χ1v) is 7.00. The van der Waals surface area contributed by atoms with E-state index in [0.29, 0.717) is 0 Å². The molecule has 1 N–H and O–H groups in total. The van der Waals surface area contributed by atoms with Gasteiger partial charge in [0, 0.05) is 12.7 Å². The Bertz CT molecular complexity index is 753.